The number of fused-ring (bicyclic) bond motifs is 3. The summed E-state index contributed by atoms with van der Waals surface area (Å²) in [4.78, 5) is 19.1. The molecule has 0 atom stereocenters. The number of nitrogens with zero attached hydrogens (tertiary/aromatic N) is 4. The predicted octanol–water partition coefficient (Wildman–Crippen LogP) is 6.94. The third kappa shape index (κ3) is 6.46. The van der Waals surface area contributed by atoms with Gasteiger partial charge in [-0.3, -0.25) is 9.40 Å². The van der Waals surface area contributed by atoms with Crippen molar-refractivity contribution in [3.05, 3.63) is 82.7 Å². The quantitative estimate of drug-likeness (QED) is 0.250. The summed E-state index contributed by atoms with van der Waals surface area (Å²) in [6.45, 7) is 11.3. The van der Waals surface area contributed by atoms with Gasteiger partial charge in [-0.1, -0.05) is 19.1 Å². The first-order valence-electron chi connectivity index (χ1n) is 15.7. The van der Waals surface area contributed by atoms with Gasteiger partial charge in [-0.15, -0.1) is 0 Å². The number of piperidine rings is 1. The number of likely N-dealkylation sites (tertiary alicyclic amines) is 1. The molecule has 46 heavy (non-hydrogen) atoms. The average Bonchev–Trinajstić information content (AvgIpc) is 3.22. The standard InChI is InChI=1S/C35H41N5O5S/c1-7-27(23-10-8-11-25(18-23)38-46(6,42)43)32-28-12-9-15-36-33(28)44-21-24-19-31-29(20-30(24)32)22(2)37-40(31)26-13-16-39(17-14-26)34(41)45-35(3,4)5/h8-12,15,18-20,26,38H,7,13-14,16-17,21H2,1-6H3/b32-27+. The van der Waals surface area contributed by atoms with Gasteiger partial charge in [-0.2, -0.15) is 5.10 Å². The molecule has 2 aliphatic rings. The number of nitrogens with one attached hydrogen (secondary N) is 1. The maximum Gasteiger partial charge on any atom is 0.410 e. The lowest BCUT2D eigenvalue weighted by molar-refractivity contribution is 0.0186. The van der Waals surface area contributed by atoms with Gasteiger partial charge in [0.2, 0.25) is 15.9 Å². The predicted molar refractivity (Wildman–Crippen MR) is 180 cm³/mol. The Balaban J connectivity index is 1.44. The molecule has 2 aliphatic heterocycles. The Labute approximate surface area is 270 Å². The van der Waals surface area contributed by atoms with E-state index in [0.717, 1.165) is 69.1 Å². The zero-order valence-corrected chi connectivity index (χ0v) is 28.1. The number of amides is 1. The van der Waals surface area contributed by atoms with Crippen LogP contribution in [0.3, 0.4) is 0 Å². The summed E-state index contributed by atoms with van der Waals surface area (Å²) in [5, 5.41) is 6.08. The number of hydrogen-bond acceptors (Lipinski definition) is 7. The first kappa shape index (κ1) is 31.6. The molecule has 1 fully saturated rings. The van der Waals surface area contributed by atoms with Crippen LogP contribution in [0.25, 0.3) is 22.0 Å². The molecule has 0 bridgehead atoms. The second-order valence-electron chi connectivity index (χ2n) is 13.1. The minimum absolute atomic E-state index is 0.143. The van der Waals surface area contributed by atoms with E-state index < -0.39 is 15.6 Å². The van der Waals surface area contributed by atoms with E-state index >= 15 is 0 Å². The highest BCUT2D eigenvalue weighted by atomic mass is 32.2. The minimum atomic E-state index is -3.44. The first-order valence-corrected chi connectivity index (χ1v) is 17.6. The van der Waals surface area contributed by atoms with Crippen LogP contribution in [0.1, 0.15) is 80.9 Å². The summed E-state index contributed by atoms with van der Waals surface area (Å²) in [5.74, 6) is 0.557. The van der Waals surface area contributed by atoms with E-state index in [9.17, 15) is 13.2 Å². The molecule has 1 N–H and O–H groups in total. The Morgan fingerprint density at radius 2 is 1.85 bits per heavy atom. The zero-order valence-electron chi connectivity index (χ0n) is 27.3. The van der Waals surface area contributed by atoms with Crippen molar-refractivity contribution in [3.8, 4) is 5.88 Å². The van der Waals surface area contributed by atoms with E-state index in [1.54, 1.807) is 17.2 Å². The van der Waals surface area contributed by atoms with Gasteiger partial charge in [0.15, 0.2) is 0 Å². The number of hydrogen-bond donors (Lipinski definition) is 1. The minimum Gasteiger partial charge on any atom is -0.472 e. The van der Waals surface area contributed by atoms with Crippen molar-refractivity contribution in [1.29, 1.82) is 0 Å². The Kier molecular flexibility index (Phi) is 8.30. The monoisotopic (exact) mass is 643 g/mol. The van der Waals surface area contributed by atoms with Crippen LogP contribution < -0.4 is 9.46 Å². The molecule has 11 heteroatoms. The number of aryl methyl sites for hydroxylation is 1. The Morgan fingerprint density at radius 3 is 2.54 bits per heavy atom. The molecule has 10 nitrogen and oxygen atoms in total. The summed E-state index contributed by atoms with van der Waals surface area (Å²) in [7, 11) is -3.44. The van der Waals surface area contributed by atoms with Crippen molar-refractivity contribution < 1.29 is 22.7 Å². The van der Waals surface area contributed by atoms with Crippen LogP contribution in [-0.4, -0.2) is 59.1 Å². The van der Waals surface area contributed by atoms with Crippen molar-refractivity contribution in [1.82, 2.24) is 19.7 Å². The van der Waals surface area contributed by atoms with Gasteiger partial charge in [0.1, 0.15) is 12.2 Å². The smallest absolute Gasteiger partial charge is 0.410 e. The SMILES string of the molecule is CC/C(=C1\c2cc3c(C)nn(C4CCN(C(=O)OC(C)(C)C)CC4)c3cc2COc2ncccc21)c1cccc(NS(C)(=O)=O)c1. The average molecular weight is 644 g/mol. The normalized spacial score (nSPS) is 16.7. The number of benzene rings is 2. The molecule has 4 aromatic rings. The largest absolute Gasteiger partial charge is 0.472 e. The molecule has 2 aromatic heterocycles. The second-order valence-corrected chi connectivity index (χ2v) is 14.8. The van der Waals surface area contributed by atoms with Gasteiger partial charge >= 0.3 is 6.09 Å². The van der Waals surface area contributed by atoms with Crippen molar-refractivity contribution in [2.24, 2.45) is 0 Å². The van der Waals surface area contributed by atoms with Crippen molar-refractivity contribution >= 4 is 43.9 Å². The number of carbonyl (C=O) groups is 1. The van der Waals surface area contributed by atoms with Gasteiger partial charge in [0.25, 0.3) is 0 Å². The number of pyridine rings is 1. The molecular weight excluding hydrogens is 602 g/mol. The topological polar surface area (TPSA) is 116 Å². The van der Waals surface area contributed by atoms with E-state index in [0.29, 0.717) is 37.7 Å². The lowest BCUT2D eigenvalue weighted by Crippen LogP contribution is -2.42. The van der Waals surface area contributed by atoms with Gasteiger partial charge in [-0.25, -0.2) is 18.2 Å². The van der Waals surface area contributed by atoms with Gasteiger partial charge in [0, 0.05) is 35.9 Å². The molecule has 0 aliphatic carbocycles. The number of rotatable bonds is 5. The third-order valence-electron chi connectivity index (χ3n) is 8.42. The number of allylic oxidation sites excluding steroid dienone is 1. The highest BCUT2D eigenvalue weighted by Crippen LogP contribution is 2.43. The molecule has 2 aromatic carbocycles. The summed E-state index contributed by atoms with van der Waals surface area (Å²) in [6.07, 6.45) is 4.86. The zero-order chi connectivity index (χ0) is 32.8. The fourth-order valence-corrected chi connectivity index (χ4v) is 7.01. The van der Waals surface area contributed by atoms with Crippen molar-refractivity contribution in [2.45, 2.75) is 72.1 Å². The van der Waals surface area contributed by atoms with Crippen LogP contribution in [0.2, 0.25) is 0 Å². The first-order chi connectivity index (χ1) is 21.8. The molecule has 0 spiro atoms. The highest BCUT2D eigenvalue weighted by Gasteiger charge is 2.30. The number of aromatic nitrogens is 3. The Hall–Kier alpha value is -4.38. The van der Waals surface area contributed by atoms with Crippen LogP contribution in [0.5, 0.6) is 5.88 Å². The van der Waals surface area contributed by atoms with Gasteiger partial charge in [0.05, 0.1) is 23.5 Å². The van der Waals surface area contributed by atoms with E-state index in [4.69, 9.17) is 14.6 Å². The number of carbonyl (C=O) groups excluding carboxylic acids is 1. The lowest BCUT2D eigenvalue weighted by Gasteiger charge is -2.33. The Bertz CT molecular complexity index is 1950. The molecule has 242 valence electrons. The summed E-state index contributed by atoms with van der Waals surface area (Å²) >= 11 is 0. The third-order valence-corrected chi connectivity index (χ3v) is 9.03. The lowest BCUT2D eigenvalue weighted by atomic mass is 9.86. The van der Waals surface area contributed by atoms with Gasteiger partial charge < -0.3 is 14.4 Å². The fourth-order valence-electron chi connectivity index (χ4n) is 6.45. The molecule has 1 amide bonds. The molecular formula is C35H41N5O5S. The van der Waals surface area contributed by atoms with Crippen LogP contribution >= 0.6 is 0 Å². The van der Waals surface area contributed by atoms with Crippen molar-refractivity contribution in [2.75, 3.05) is 24.1 Å². The molecule has 0 radical (unpaired) electrons. The maximum absolute atomic E-state index is 12.7. The second kappa shape index (κ2) is 12.1. The van der Waals surface area contributed by atoms with E-state index in [-0.39, 0.29) is 12.1 Å². The molecule has 0 saturated carbocycles. The summed E-state index contributed by atoms with van der Waals surface area (Å²) in [5.41, 5.74) is 7.87. The highest BCUT2D eigenvalue weighted by molar-refractivity contribution is 7.92. The molecule has 4 heterocycles. The van der Waals surface area contributed by atoms with Crippen LogP contribution in [-0.2, 0) is 21.4 Å². The number of anilines is 1. The molecule has 1 saturated heterocycles. The summed E-state index contributed by atoms with van der Waals surface area (Å²) in [6, 6.07) is 16.0. The Morgan fingerprint density at radius 1 is 1.09 bits per heavy atom. The van der Waals surface area contributed by atoms with Gasteiger partial charge in [-0.05, 0) is 111 Å². The summed E-state index contributed by atoms with van der Waals surface area (Å²) < 4.78 is 40.7. The number of ether oxygens (including phenoxy) is 2. The van der Waals surface area contributed by atoms with Crippen molar-refractivity contribution in [3.63, 3.8) is 0 Å². The van der Waals surface area contributed by atoms with Crippen LogP contribution in [0.15, 0.2) is 54.7 Å². The van der Waals surface area contributed by atoms with E-state index in [1.165, 1.54) is 0 Å². The van der Waals surface area contributed by atoms with Crippen LogP contribution in [0.4, 0.5) is 10.5 Å². The molecule has 6 rings (SSSR count). The van der Waals surface area contributed by atoms with Crippen LogP contribution in [0, 0.1) is 6.92 Å². The maximum atomic E-state index is 12.7. The number of sulfonamides is 1. The van der Waals surface area contributed by atoms with E-state index in [1.807, 2.05) is 58.0 Å². The molecule has 0 unspecified atom stereocenters. The van der Waals surface area contributed by atoms with E-state index in [2.05, 4.69) is 33.4 Å². The fraction of sp³-hybridized carbons (Fsp3) is 0.400.